The van der Waals surface area contributed by atoms with E-state index in [-0.39, 0.29) is 6.10 Å². The minimum absolute atomic E-state index is 0.163. The van der Waals surface area contributed by atoms with Crippen LogP contribution in [-0.4, -0.2) is 52.9 Å². The summed E-state index contributed by atoms with van der Waals surface area (Å²) in [5.74, 6) is 0.850. The first kappa shape index (κ1) is 40.7. The van der Waals surface area contributed by atoms with Crippen molar-refractivity contribution in [3.8, 4) is 5.75 Å². The average molecular weight is 804 g/mol. The van der Waals surface area contributed by atoms with Crippen LogP contribution < -0.4 is 14.5 Å². The number of anilines is 2. The molecule has 268 valence electrons. The number of hydrogen-bond donors (Lipinski definition) is 0. The predicted octanol–water partition coefficient (Wildman–Crippen LogP) is 9.95. The van der Waals surface area contributed by atoms with Gasteiger partial charge in [-0.25, -0.2) is 0 Å². The summed E-state index contributed by atoms with van der Waals surface area (Å²) >= 11 is -1.77. The van der Waals surface area contributed by atoms with Crippen LogP contribution in [0.15, 0.2) is 48.5 Å². The molecule has 4 rings (SSSR count). The Bertz CT molecular complexity index is 1480. The van der Waals surface area contributed by atoms with Gasteiger partial charge in [0.2, 0.25) is 0 Å². The van der Waals surface area contributed by atoms with Crippen LogP contribution in [0.2, 0.25) is 6.04 Å². The molecule has 0 radical (unpaired) electrons. The van der Waals surface area contributed by atoms with Crippen molar-refractivity contribution in [2.75, 3.05) is 37.2 Å². The quantitative estimate of drug-likeness (QED) is 0.127. The minimum atomic E-state index is -2.59. The summed E-state index contributed by atoms with van der Waals surface area (Å²) in [5, 5.41) is 0. The van der Waals surface area contributed by atoms with E-state index in [1.165, 1.54) is 44.8 Å². The van der Waals surface area contributed by atoms with Crippen molar-refractivity contribution in [2.45, 2.75) is 93.3 Å². The second kappa shape index (κ2) is 19.0. The maximum Gasteiger partial charge on any atom is 0.500 e. The third-order valence-electron chi connectivity index (χ3n) is 8.36. The molecular formula is C38H55Cl2N2O4RuSi-. The van der Waals surface area contributed by atoms with Gasteiger partial charge in [-0.3, -0.25) is 0 Å². The maximum absolute atomic E-state index is 5.95. The fraction of sp³-hybridized carbons (Fsp3) is 0.474. The smallest absolute Gasteiger partial charge is 0.500 e. The summed E-state index contributed by atoms with van der Waals surface area (Å²) in [4.78, 5) is 4.96. The standard InChI is InChI=1S/C28H43N2O3Si.C10H12O.2ClH.Ru/c1-10-33-34(31-8,32-9)13-11-12-26-18-29(27-22(4)14-20(2)15-23(27)5)19-30(26)28-24(6)16-21(3)17-25(28)7;1-8(2)11-10-7-5-4-6-9(10)3;;;/h14-17,19,26H,10-13,18H2,1-9H3;3-8H,1-2H3;2*1H;/q-1;;;;+2/p-2. The van der Waals surface area contributed by atoms with Gasteiger partial charge in [-0.1, -0.05) is 35.4 Å². The van der Waals surface area contributed by atoms with E-state index in [4.69, 9.17) is 37.4 Å². The number of para-hydroxylation sites is 1. The molecule has 1 fully saturated rings. The fourth-order valence-corrected chi connectivity index (χ4v) is 10.5. The number of ether oxygens (including phenoxy) is 1. The number of hydrogen-bond acceptors (Lipinski definition) is 6. The molecule has 48 heavy (non-hydrogen) atoms. The van der Waals surface area contributed by atoms with Crippen LogP contribution in [0.25, 0.3) is 0 Å². The van der Waals surface area contributed by atoms with Crippen LogP contribution in [0.4, 0.5) is 11.4 Å². The van der Waals surface area contributed by atoms with Crippen molar-refractivity contribution in [2.24, 2.45) is 0 Å². The van der Waals surface area contributed by atoms with Crippen molar-refractivity contribution in [1.82, 2.24) is 0 Å². The molecule has 1 saturated heterocycles. The van der Waals surface area contributed by atoms with E-state index in [1.807, 2.05) is 49.6 Å². The van der Waals surface area contributed by atoms with Gasteiger partial charge in [-0.05, 0) is 83.6 Å². The summed E-state index contributed by atoms with van der Waals surface area (Å²) in [5.41, 5.74) is 11.6. The third kappa shape index (κ3) is 11.1. The second-order valence-corrected chi connectivity index (χ2v) is 21.4. The normalized spacial score (nSPS) is 15.0. The van der Waals surface area contributed by atoms with Crippen LogP contribution in [0, 0.1) is 48.2 Å². The zero-order chi connectivity index (χ0) is 35.6. The van der Waals surface area contributed by atoms with Crippen LogP contribution in [0.5, 0.6) is 5.75 Å². The summed E-state index contributed by atoms with van der Waals surface area (Å²) in [6.07, 6.45) is 2.20. The Kier molecular flexibility index (Phi) is 16.1. The average Bonchev–Trinajstić information content (AvgIpc) is 3.39. The predicted molar refractivity (Wildman–Crippen MR) is 204 cm³/mol. The van der Waals surface area contributed by atoms with Gasteiger partial charge in [-0.15, -0.1) is 0 Å². The van der Waals surface area contributed by atoms with Crippen LogP contribution in [0.1, 0.15) is 72.6 Å². The number of benzene rings is 3. The van der Waals surface area contributed by atoms with Crippen LogP contribution in [-0.2, 0) is 26.8 Å². The Hall–Kier alpha value is -1.77. The fourth-order valence-electron chi connectivity index (χ4n) is 6.69. The van der Waals surface area contributed by atoms with Crippen molar-refractivity contribution < 1.29 is 31.5 Å². The Balaban J connectivity index is 0.000000373. The van der Waals surface area contributed by atoms with Gasteiger partial charge in [0.1, 0.15) is 0 Å². The molecule has 10 heteroatoms. The van der Waals surface area contributed by atoms with E-state index in [0.717, 1.165) is 36.7 Å². The first-order valence-electron chi connectivity index (χ1n) is 16.6. The second-order valence-electron chi connectivity index (χ2n) is 12.8. The summed E-state index contributed by atoms with van der Waals surface area (Å²) in [7, 11) is 12.5. The Morgan fingerprint density at radius 2 is 1.44 bits per heavy atom. The Labute approximate surface area is 304 Å². The molecule has 0 bridgehead atoms. The molecule has 1 heterocycles. The molecule has 0 aliphatic carbocycles. The molecule has 0 saturated carbocycles. The van der Waals surface area contributed by atoms with Gasteiger partial charge < -0.3 is 23.1 Å². The molecule has 3 aromatic carbocycles. The zero-order valence-electron chi connectivity index (χ0n) is 30.6. The van der Waals surface area contributed by atoms with E-state index < -0.39 is 22.3 Å². The maximum atomic E-state index is 5.95. The monoisotopic (exact) mass is 803 g/mol. The van der Waals surface area contributed by atoms with Crippen molar-refractivity contribution in [3.05, 3.63) is 94.1 Å². The Morgan fingerprint density at radius 3 is 1.94 bits per heavy atom. The topological polar surface area (TPSA) is 43.4 Å². The van der Waals surface area contributed by atoms with Gasteiger partial charge >= 0.3 is 107 Å². The molecule has 6 nitrogen and oxygen atoms in total. The van der Waals surface area contributed by atoms with E-state index in [1.54, 1.807) is 14.2 Å². The number of aryl methyl sites for hydroxylation is 6. The molecule has 1 unspecified atom stereocenters. The minimum Gasteiger partial charge on any atom is -0.501 e. The zero-order valence-corrected chi connectivity index (χ0v) is 34.9. The van der Waals surface area contributed by atoms with Crippen molar-refractivity contribution in [1.29, 1.82) is 0 Å². The van der Waals surface area contributed by atoms with E-state index in [2.05, 4.69) is 82.3 Å². The molecule has 0 spiro atoms. The van der Waals surface area contributed by atoms with Crippen molar-refractivity contribution >= 4 is 44.2 Å². The molecule has 0 amide bonds. The first-order chi connectivity index (χ1) is 22.7. The number of halogens is 2. The van der Waals surface area contributed by atoms with Gasteiger partial charge in [-0.2, -0.15) is 6.67 Å². The van der Waals surface area contributed by atoms with Crippen LogP contribution in [0.3, 0.4) is 0 Å². The molecule has 1 aliphatic rings. The van der Waals surface area contributed by atoms with Gasteiger partial charge in [0.05, 0.1) is 0 Å². The van der Waals surface area contributed by atoms with Crippen LogP contribution >= 0.6 is 19.4 Å². The summed E-state index contributed by atoms with van der Waals surface area (Å²) in [6.45, 7) is 23.1. The van der Waals surface area contributed by atoms with Gasteiger partial charge in [0.25, 0.3) is 0 Å². The van der Waals surface area contributed by atoms with Gasteiger partial charge in [0, 0.05) is 50.8 Å². The summed E-state index contributed by atoms with van der Waals surface area (Å²) in [6, 6.07) is 18.1. The Morgan fingerprint density at radius 1 is 0.896 bits per heavy atom. The molecule has 1 atom stereocenters. The number of rotatable bonds is 13. The third-order valence-corrected chi connectivity index (χ3v) is 13.1. The largest absolute Gasteiger partial charge is 0.501 e. The van der Waals surface area contributed by atoms with E-state index in [9.17, 15) is 0 Å². The van der Waals surface area contributed by atoms with Gasteiger partial charge in [0.15, 0.2) is 0 Å². The van der Waals surface area contributed by atoms with E-state index >= 15 is 0 Å². The molecule has 0 N–H and O–H groups in total. The summed E-state index contributed by atoms with van der Waals surface area (Å²) < 4.78 is 25.0. The first-order valence-corrected chi connectivity index (χ1v) is 24.0. The number of nitrogens with zero attached hydrogens (tertiary/aromatic N) is 2. The molecule has 0 aromatic heterocycles. The molecular weight excluding hydrogens is 748 g/mol. The SMILES string of the molecule is CC(C)Oc1ccccc1[CH]=[Ru]([Cl])[Cl].CCO[Si](CCCC1CN(c2c(C)cc(C)cc2C)[CH-]N1c1c(C)cc(C)cc1C)(OC)OC. The molecule has 3 aromatic rings. The molecule has 1 aliphatic heterocycles. The van der Waals surface area contributed by atoms with Crippen molar-refractivity contribution in [3.63, 3.8) is 0 Å². The van der Waals surface area contributed by atoms with E-state index in [0.29, 0.717) is 12.6 Å².